The zero-order valence-corrected chi connectivity index (χ0v) is 11.7. The highest BCUT2D eigenvalue weighted by atomic mass is 35.5. The number of hydrogen-bond donors (Lipinski definition) is 1. The second-order valence-electron chi connectivity index (χ2n) is 4.27. The topological polar surface area (TPSA) is 30.9 Å². The Morgan fingerprint density at radius 1 is 1.35 bits per heavy atom. The zero-order valence-electron chi connectivity index (χ0n) is 10.1. The summed E-state index contributed by atoms with van der Waals surface area (Å²) in [6.07, 6.45) is 1.92. The molecule has 17 heavy (non-hydrogen) atoms. The summed E-state index contributed by atoms with van der Waals surface area (Å²) in [6, 6.07) is 8.39. The van der Waals surface area contributed by atoms with Crippen LogP contribution in [0.3, 0.4) is 0 Å². The lowest BCUT2D eigenvalue weighted by atomic mass is 10.1. The van der Waals surface area contributed by atoms with Crippen molar-refractivity contribution >= 4 is 34.9 Å². The van der Waals surface area contributed by atoms with E-state index in [1.165, 1.54) is 16.6 Å². The van der Waals surface area contributed by atoms with Crippen LogP contribution in [-0.4, -0.2) is 10.6 Å². The van der Waals surface area contributed by atoms with Crippen molar-refractivity contribution in [1.29, 1.82) is 0 Å². The quantitative estimate of drug-likeness (QED) is 0.911. The van der Waals surface area contributed by atoms with Crippen LogP contribution < -0.4 is 5.73 Å². The van der Waals surface area contributed by atoms with Crippen molar-refractivity contribution in [3.63, 3.8) is 0 Å². The largest absolute Gasteiger partial charge is 0.348 e. The SMILES string of the molecule is CCC(N)Cc1cc2cc(Cl)ccc2n1C.Cl. The van der Waals surface area contributed by atoms with Crippen molar-refractivity contribution in [1.82, 2.24) is 4.57 Å². The van der Waals surface area contributed by atoms with Gasteiger partial charge < -0.3 is 10.3 Å². The summed E-state index contributed by atoms with van der Waals surface area (Å²) in [5, 5.41) is 1.97. The van der Waals surface area contributed by atoms with E-state index in [-0.39, 0.29) is 18.4 Å². The Balaban J connectivity index is 0.00000144. The molecular weight excluding hydrogens is 255 g/mol. The van der Waals surface area contributed by atoms with Gasteiger partial charge in [-0.15, -0.1) is 12.4 Å². The summed E-state index contributed by atoms with van der Waals surface area (Å²) in [6.45, 7) is 2.12. The molecule has 1 heterocycles. The van der Waals surface area contributed by atoms with Gasteiger partial charge in [-0.05, 0) is 30.7 Å². The number of aromatic nitrogens is 1. The third-order valence-corrected chi connectivity index (χ3v) is 3.33. The third kappa shape index (κ3) is 2.95. The number of nitrogens with two attached hydrogens (primary N) is 1. The molecule has 0 spiro atoms. The van der Waals surface area contributed by atoms with E-state index in [0.717, 1.165) is 17.9 Å². The van der Waals surface area contributed by atoms with Crippen molar-refractivity contribution in [2.45, 2.75) is 25.8 Å². The maximum absolute atomic E-state index is 5.99. The van der Waals surface area contributed by atoms with Gasteiger partial charge in [-0.3, -0.25) is 0 Å². The van der Waals surface area contributed by atoms with Crippen molar-refractivity contribution < 1.29 is 0 Å². The lowest BCUT2D eigenvalue weighted by molar-refractivity contribution is 0.624. The molecule has 0 aliphatic carbocycles. The number of hydrogen-bond acceptors (Lipinski definition) is 1. The predicted octanol–water partition coefficient (Wildman–Crippen LogP) is 3.53. The molecule has 0 bridgehead atoms. The minimum atomic E-state index is 0. The highest BCUT2D eigenvalue weighted by molar-refractivity contribution is 6.31. The molecule has 2 rings (SSSR count). The van der Waals surface area contributed by atoms with E-state index in [1.54, 1.807) is 0 Å². The first-order chi connectivity index (χ1) is 7.61. The van der Waals surface area contributed by atoms with Crippen LogP contribution in [0.2, 0.25) is 5.02 Å². The molecule has 0 saturated heterocycles. The lowest BCUT2D eigenvalue weighted by Crippen LogP contribution is -2.22. The highest BCUT2D eigenvalue weighted by Gasteiger charge is 2.08. The molecular formula is C13H18Cl2N2. The van der Waals surface area contributed by atoms with Gasteiger partial charge in [0, 0.05) is 41.1 Å². The van der Waals surface area contributed by atoms with Crippen LogP contribution in [0.25, 0.3) is 10.9 Å². The van der Waals surface area contributed by atoms with Crippen LogP contribution in [0.1, 0.15) is 19.0 Å². The summed E-state index contributed by atoms with van der Waals surface area (Å²) in [5.41, 5.74) is 8.47. The summed E-state index contributed by atoms with van der Waals surface area (Å²) in [7, 11) is 2.08. The van der Waals surface area contributed by atoms with Gasteiger partial charge in [-0.1, -0.05) is 18.5 Å². The average Bonchev–Trinajstić information content (AvgIpc) is 2.55. The molecule has 2 N–H and O–H groups in total. The smallest absolute Gasteiger partial charge is 0.0480 e. The molecule has 2 nitrogen and oxygen atoms in total. The Morgan fingerprint density at radius 3 is 2.71 bits per heavy atom. The van der Waals surface area contributed by atoms with Crippen LogP contribution in [0.4, 0.5) is 0 Å². The lowest BCUT2D eigenvalue weighted by Gasteiger charge is -2.09. The summed E-state index contributed by atoms with van der Waals surface area (Å²) >= 11 is 5.98. The first-order valence-corrected chi connectivity index (χ1v) is 5.99. The molecule has 1 aromatic carbocycles. The molecule has 0 radical (unpaired) electrons. The fraction of sp³-hybridized carbons (Fsp3) is 0.385. The van der Waals surface area contributed by atoms with E-state index in [2.05, 4.69) is 30.7 Å². The average molecular weight is 273 g/mol. The van der Waals surface area contributed by atoms with E-state index in [1.807, 2.05) is 12.1 Å². The van der Waals surface area contributed by atoms with Crippen LogP contribution >= 0.6 is 24.0 Å². The second kappa shape index (κ2) is 5.76. The Bertz CT molecular complexity index is 505. The van der Waals surface area contributed by atoms with Crippen molar-refractivity contribution in [3.05, 3.63) is 35.0 Å². The number of fused-ring (bicyclic) bond motifs is 1. The fourth-order valence-corrected chi connectivity index (χ4v) is 2.17. The van der Waals surface area contributed by atoms with Crippen molar-refractivity contribution in [3.8, 4) is 0 Å². The summed E-state index contributed by atoms with van der Waals surface area (Å²) in [4.78, 5) is 0. The Hall–Kier alpha value is -0.700. The number of aryl methyl sites for hydroxylation is 1. The van der Waals surface area contributed by atoms with Crippen LogP contribution in [0.15, 0.2) is 24.3 Å². The first kappa shape index (κ1) is 14.4. The van der Waals surface area contributed by atoms with E-state index >= 15 is 0 Å². The molecule has 0 amide bonds. The Morgan fingerprint density at radius 2 is 2.06 bits per heavy atom. The molecule has 1 atom stereocenters. The molecule has 1 unspecified atom stereocenters. The van der Waals surface area contributed by atoms with E-state index in [4.69, 9.17) is 17.3 Å². The van der Waals surface area contributed by atoms with E-state index in [9.17, 15) is 0 Å². The highest BCUT2D eigenvalue weighted by Crippen LogP contribution is 2.23. The molecule has 4 heteroatoms. The standard InChI is InChI=1S/C13H17ClN2.ClH/c1-3-11(15)8-12-7-9-6-10(14)4-5-13(9)16(12)2;/h4-7,11H,3,8,15H2,1-2H3;1H. The monoisotopic (exact) mass is 272 g/mol. The maximum Gasteiger partial charge on any atom is 0.0480 e. The van der Waals surface area contributed by atoms with Crippen LogP contribution in [-0.2, 0) is 13.5 Å². The Kier molecular flexibility index (Phi) is 4.87. The molecule has 94 valence electrons. The third-order valence-electron chi connectivity index (χ3n) is 3.10. The van der Waals surface area contributed by atoms with Gasteiger partial charge in [0.05, 0.1) is 0 Å². The number of rotatable bonds is 3. The van der Waals surface area contributed by atoms with Crippen molar-refractivity contribution in [2.75, 3.05) is 0 Å². The van der Waals surface area contributed by atoms with Gasteiger partial charge in [0.25, 0.3) is 0 Å². The van der Waals surface area contributed by atoms with Gasteiger partial charge in [0.1, 0.15) is 0 Å². The van der Waals surface area contributed by atoms with Crippen molar-refractivity contribution in [2.24, 2.45) is 12.8 Å². The minimum absolute atomic E-state index is 0. The number of halogens is 2. The molecule has 0 fully saturated rings. The molecule has 2 aromatic rings. The van der Waals surface area contributed by atoms with Gasteiger partial charge in [-0.25, -0.2) is 0 Å². The molecule has 0 aliphatic rings. The van der Waals surface area contributed by atoms with Gasteiger partial charge in [-0.2, -0.15) is 0 Å². The summed E-state index contributed by atoms with van der Waals surface area (Å²) in [5.74, 6) is 0. The summed E-state index contributed by atoms with van der Waals surface area (Å²) < 4.78 is 2.20. The second-order valence-corrected chi connectivity index (χ2v) is 4.71. The van der Waals surface area contributed by atoms with Gasteiger partial charge in [0.15, 0.2) is 0 Å². The first-order valence-electron chi connectivity index (χ1n) is 5.61. The minimum Gasteiger partial charge on any atom is -0.348 e. The fourth-order valence-electron chi connectivity index (χ4n) is 1.99. The van der Waals surface area contributed by atoms with E-state index < -0.39 is 0 Å². The van der Waals surface area contributed by atoms with E-state index in [0.29, 0.717) is 0 Å². The van der Waals surface area contributed by atoms with Crippen LogP contribution in [0, 0.1) is 0 Å². The van der Waals surface area contributed by atoms with Gasteiger partial charge >= 0.3 is 0 Å². The predicted molar refractivity (Wildman–Crippen MR) is 77.1 cm³/mol. The molecule has 1 aromatic heterocycles. The maximum atomic E-state index is 5.99. The number of benzene rings is 1. The Labute approximate surface area is 113 Å². The normalized spacial score (nSPS) is 12.5. The zero-order chi connectivity index (χ0) is 11.7. The molecule has 0 aliphatic heterocycles. The number of nitrogens with zero attached hydrogens (tertiary/aromatic N) is 1. The van der Waals surface area contributed by atoms with Gasteiger partial charge in [0.2, 0.25) is 0 Å². The molecule has 0 saturated carbocycles. The van der Waals surface area contributed by atoms with Crippen LogP contribution in [0.5, 0.6) is 0 Å².